The maximum atomic E-state index is 10.6. The first-order valence-electron chi connectivity index (χ1n) is 4.32. The van der Waals surface area contributed by atoms with Crippen LogP contribution in [0.15, 0.2) is 24.3 Å². The molecule has 0 amide bonds. The maximum Gasteiger partial charge on any atom is 0.308 e. The largest absolute Gasteiger partial charge is 0.481 e. The van der Waals surface area contributed by atoms with Gasteiger partial charge in [-0.3, -0.25) is 4.79 Å². The number of nitrogens with one attached hydrogen (secondary N) is 1. The molecule has 0 fully saturated rings. The van der Waals surface area contributed by atoms with Crippen molar-refractivity contribution in [3.8, 4) is 0 Å². The lowest BCUT2D eigenvalue weighted by atomic mass is 10.2. The smallest absolute Gasteiger partial charge is 0.308 e. The van der Waals surface area contributed by atoms with E-state index in [1.807, 2.05) is 24.3 Å². The third-order valence-corrected chi connectivity index (χ3v) is 2.83. The molecule has 0 aliphatic carbocycles. The van der Waals surface area contributed by atoms with Crippen molar-refractivity contribution in [2.45, 2.75) is 6.92 Å². The van der Waals surface area contributed by atoms with Crippen LogP contribution >= 0.6 is 22.6 Å². The van der Waals surface area contributed by atoms with Gasteiger partial charge in [0.25, 0.3) is 0 Å². The predicted octanol–water partition coefficient (Wildman–Crippen LogP) is 2.42. The molecule has 0 spiro atoms. The van der Waals surface area contributed by atoms with Crippen molar-refractivity contribution < 1.29 is 9.90 Å². The lowest BCUT2D eigenvalue weighted by molar-refractivity contribution is -0.140. The van der Waals surface area contributed by atoms with Crippen LogP contribution < -0.4 is 5.32 Å². The molecule has 1 atom stereocenters. The minimum Gasteiger partial charge on any atom is -0.481 e. The number of carboxylic acids is 1. The predicted molar refractivity (Wildman–Crippen MR) is 64.4 cm³/mol. The molecule has 0 bridgehead atoms. The van der Waals surface area contributed by atoms with Crippen molar-refractivity contribution in [3.05, 3.63) is 27.8 Å². The lowest BCUT2D eigenvalue weighted by Gasteiger charge is -2.10. The Balaban J connectivity index is 2.54. The molecule has 0 aromatic heterocycles. The Morgan fingerprint density at radius 3 is 2.79 bits per heavy atom. The van der Waals surface area contributed by atoms with Gasteiger partial charge in [0.2, 0.25) is 0 Å². The highest BCUT2D eigenvalue weighted by atomic mass is 127. The van der Waals surface area contributed by atoms with Crippen molar-refractivity contribution in [3.63, 3.8) is 0 Å². The van der Waals surface area contributed by atoms with Crippen molar-refractivity contribution in [2.24, 2.45) is 5.92 Å². The number of anilines is 1. The molecule has 1 rings (SSSR count). The number of halogens is 1. The SMILES string of the molecule is CC(CNc1ccccc1I)C(=O)O. The summed E-state index contributed by atoms with van der Waals surface area (Å²) in [4.78, 5) is 10.6. The zero-order valence-corrected chi connectivity index (χ0v) is 9.98. The van der Waals surface area contributed by atoms with Crippen molar-refractivity contribution in [2.75, 3.05) is 11.9 Å². The van der Waals surface area contributed by atoms with Crippen LogP contribution in [-0.4, -0.2) is 17.6 Å². The summed E-state index contributed by atoms with van der Waals surface area (Å²) >= 11 is 2.21. The van der Waals surface area contributed by atoms with E-state index in [-0.39, 0.29) is 5.92 Å². The van der Waals surface area contributed by atoms with Gasteiger partial charge in [-0.25, -0.2) is 0 Å². The van der Waals surface area contributed by atoms with Crippen LogP contribution in [-0.2, 0) is 4.79 Å². The number of rotatable bonds is 4. The van der Waals surface area contributed by atoms with E-state index in [4.69, 9.17) is 5.11 Å². The average Bonchev–Trinajstić information content (AvgIpc) is 2.16. The summed E-state index contributed by atoms with van der Waals surface area (Å²) in [5.74, 6) is -1.14. The van der Waals surface area contributed by atoms with Gasteiger partial charge >= 0.3 is 5.97 Å². The summed E-state index contributed by atoms with van der Waals surface area (Å²) < 4.78 is 1.10. The summed E-state index contributed by atoms with van der Waals surface area (Å²) in [6.07, 6.45) is 0. The van der Waals surface area contributed by atoms with E-state index >= 15 is 0 Å². The van der Waals surface area contributed by atoms with Crippen LogP contribution in [0.4, 0.5) is 5.69 Å². The Kier molecular flexibility index (Phi) is 4.19. The number of hydrogen-bond donors (Lipinski definition) is 2. The Morgan fingerprint density at radius 2 is 2.21 bits per heavy atom. The second-order valence-electron chi connectivity index (χ2n) is 3.10. The normalized spacial score (nSPS) is 12.1. The van der Waals surface area contributed by atoms with Gasteiger partial charge < -0.3 is 10.4 Å². The summed E-state index contributed by atoms with van der Waals surface area (Å²) in [6.45, 7) is 2.14. The number of aliphatic carboxylic acids is 1. The first-order chi connectivity index (χ1) is 6.61. The molecule has 1 unspecified atom stereocenters. The maximum absolute atomic E-state index is 10.6. The van der Waals surface area contributed by atoms with Crippen molar-refractivity contribution in [1.82, 2.24) is 0 Å². The Morgan fingerprint density at radius 1 is 1.57 bits per heavy atom. The van der Waals surface area contributed by atoms with Crippen LogP contribution in [0, 0.1) is 9.49 Å². The molecule has 76 valence electrons. The van der Waals surface area contributed by atoms with E-state index in [1.54, 1.807) is 6.92 Å². The molecule has 0 aliphatic rings. The van der Waals surface area contributed by atoms with E-state index in [1.165, 1.54) is 0 Å². The first kappa shape index (κ1) is 11.3. The number of hydrogen-bond acceptors (Lipinski definition) is 2. The molecule has 4 heteroatoms. The van der Waals surface area contributed by atoms with Gasteiger partial charge in [-0.1, -0.05) is 19.1 Å². The lowest BCUT2D eigenvalue weighted by Crippen LogP contribution is -2.19. The fourth-order valence-electron chi connectivity index (χ4n) is 0.955. The summed E-state index contributed by atoms with van der Waals surface area (Å²) in [5.41, 5.74) is 0.987. The molecule has 1 aromatic carbocycles. The van der Waals surface area contributed by atoms with E-state index in [0.717, 1.165) is 9.26 Å². The summed E-state index contributed by atoms with van der Waals surface area (Å²) in [5, 5.41) is 11.8. The Bertz CT molecular complexity index is 328. The van der Waals surface area contributed by atoms with Gasteiger partial charge in [0.15, 0.2) is 0 Å². The van der Waals surface area contributed by atoms with Gasteiger partial charge in [0.05, 0.1) is 5.92 Å². The fraction of sp³-hybridized carbons (Fsp3) is 0.300. The van der Waals surface area contributed by atoms with E-state index in [2.05, 4.69) is 27.9 Å². The quantitative estimate of drug-likeness (QED) is 0.840. The van der Waals surface area contributed by atoms with E-state index < -0.39 is 5.97 Å². The molecular formula is C10H12INO2. The summed E-state index contributed by atoms with van der Waals surface area (Å²) in [6, 6.07) is 7.80. The van der Waals surface area contributed by atoms with Crippen LogP contribution in [0.2, 0.25) is 0 Å². The highest BCUT2D eigenvalue weighted by molar-refractivity contribution is 14.1. The molecular weight excluding hydrogens is 293 g/mol. The Hall–Kier alpha value is -0.780. The molecule has 1 aromatic rings. The Labute approximate surface area is 96.7 Å². The molecule has 0 saturated carbocycles. The number of para-hydroxylation sites is 1. The van der Waals surface area contributed by atoms with E-state index in [0.29, 0.717) is 6.54 Å². The number of carboxylic acid groups (broad SMARTS) is 1. The zero-order valence-electron chi connectivity index (χ0n) is 7.83. The zero-order chi connectivity index (χ0) is 10.6. The molecule has 14 heavy (non-hydrogen) atoms. The van der Waals surface area contributed by atoms with Crippen molar-refractivity contribution >= 4 is 34.2 Å². The van der Waals surface area contributed by atoms with Crippen LogP contribution in [0.25, 0.3) is 0 Å². The molecule has 2 N–H and O–H groups in total. The minimum absolute atomic E-state index is 0.369. The molecule has 0 heterocycles. The number of benzene rings is 1. The first-order valence-corrected chi connectivity index (χ1v) is 5.40. The van der Waals surface area contributed by atoms with Crippen molar-refractivity contribution in [1.29, 1.82) is 0 Å². The van der Waals surface area contributed by atoms with Crippen LogP contribution in [0.1, 0.15) is 6.92 Å². The van der Waals surface area contributed by atoms with Crippen LogP contribution in [0.3, 0.4) is 0 Å². The summed E-state index contributed by atoms with van der Waals surface area (Å²) in [7, 11) is 0. The highest BCUT2D eigenvalue weighted by Crippen LogP contribution is 2.17. The van der Waals surface area contributed by atoms with Gasteiger partial charge in [0.1, 0.15) is 0 Å². The standard InChI is InChI=1S/C10H12INO2/c1-7(10(13)14)6-12-9-5-3-2-4-8(9)11/h2-5,7,12H,6H2,1H3,(H,13,14). The van der Waals surface area contributed by atoms with Gasteiger partial charge in [-0.2, -0.15) is 0 Å². The second kappa shape index (κ2) is 5.19. The molecule has 0 aliphatic heterocycles. The fourth-order valence-corrected chi connectivity index (χ4v) is 1.53. The monoisotopic (exact) mass is 305 g/mol. The molecule has 0 saturated heterocycles. The van der Waals surface area contributed by atoms with Gasteiger partial charge in [-0.05, 0) is 34.7 Å². The second-order valence-corrected chi connectivity index (χ2v) is 4.26. The van der Waals surface area contributed by atoms with E-state index in [9.17, 15) is 4.79 Å². The molecule has 0 radical (unpaired) electrons. The van der Waals surface area contributed by atoms with Gasteiger partial charge in [-0.15, -0.1) is 0 Å². The highest BCUT2D eigenvalue weighted by Gasteiger charge is 2.10. The van der Waals surface area contributed by atoms with Crippen LogP contribution in [0.5, 0.6) is 0 Å². The van der Waals surface area contributed by atoms with Gasteiger partial charge in [0, 0.05) is 15.8 Å². The molecule has 3 nitrogen and oxygen atoms in total. The minimum atomic E-state index is -0.775. The topological polar surface area (TPSA) is 49.3 Å². The number of carbonyl (C=O) groups is 1. The average molecular weight is 305 g/mol. The third-order valence-electron chi connectivity index (χ3n) is 1.89. The third kappa shape index (κ3) is 3.17.